The van der Waals surface area contributed by atoms with E-state index in [1.807, 2.05) is 33.8 Å². The van der Waals surface area contributed by atoms with Crippen LogP contribution in [0.25, 0.3) is 0 Å². The van der Waals surface area contributed by atoms with Gasteiger partial charge in [-0.05, 0) is 70.0 Å². The Kier molecular flexibility index (Phi) is 9.39. The molecule has 1 N–H and O–H groups in total. The average molecular weight is 529 g/mol. The summed E-state index contributed by atoms with van der Waals surface area (Å²) < 4.78 is 26.4. The predicted octanol–water partition coefficient (Wildman–Crippen LogP) is 4.32. The third-order valence-corrected chi connectivity index (χ3v) is 7.01. The van der Waals surface area contributed by atoms with Gasteiger partial charge in [0.05, 0.1) is 11.9 Å². The van der Waals surface area contributed by atoms with Crippen LogP contribution in [0.1, 0.15) is 37.5 Å². The molecule has 0 bridgehead atoms. The number of halogens is 2. The number of anilines is 1. The lowest BCUT2D eigenvalue weighted by Crippen LogP contribution is -2.52. The molecular formula is C24H31Cl2N3O4S. The molecule has 2 amide bonds. The van der Waals surface area contributed by atoms with Crippen LogP contribution in [-0.4, -0.2) is 50.0 Å². The predicted molar refractivity (Wildman–Crippen MR) is 138 cm³/mol. The van der Waals surface area contributed by atoms with E-state index in [1.165, 1.54) is 4.90 Å². The third-order valence-electron chi connectivity index (χ3n) is 5.16. The first-order valence-electron chi connectivity index (χ1n) is 10.8. The number of hydrogen-bond acceptors (Lipinski definition) is 4. The fraction of sp³-hybridized carbons (Fsp3) is 0.417. The molecule has 7 nitrogen and oxygen atoms in total. The summed E-state index contributed by atoms with van der Waals surface area (Å²) in [6.07, 6.45) is 1.04. The van der Waals surface area contributed by atoms with Crippen molar-refractivity contribution in [1.82, 2.24) is 10.2 Å². The zero-order chi connectivity index (χ0) is 25.8. The normalized spacial score (nSPS) is 12.4. The summed E-state index contributed by atoms with van der Waals surface area (Å²) >= 11 is 12.7. The number of benzene rings is 2. The lowest BCUT2D eigenvalue weighted by molar-refractivity contribution is -0.139. The van der Waals surface area contributed by atoms with Gasteiger partial charge < -0.3 is 10.2 Å². The van der Waals surface area contributed by atoms with Gasteiger partial charge in [0.15, 0.2) is 0 Å². The second-order valence-electron chi connectivity index (χ2n) is 8.68. The molecule has 2 rings (SSSR count). The van der Waals surface area contributed by atoms with Gasteiger partial charge in [-0.15, -0.1) is 0 Å². The van der Waals surface area contributed by atoms with Crippen LogP contribution in [0, 0.1) is 13.8 Å². The third kappa shape index (κ3) is 7.35. The Morgan fingerprint density at radius 2 is 1.53 bits per heavy atom. The number of carbonyl (C=O) groups is 2. The van der Waals surface area contributed by atoms with Crippen molar-refractivity contribution < 1.29 is 18.0 Å². The SMILES string of the molecule is Cc1cc(C)cc(N(CC(=O)N(Cc2c(Cl)cccc2Cl)C(C)C(=O)NC(C)C)S(C)(=O)=O)c1. The molecule has 2 aromatic carbocycles. The van der Waals surface area contributed by atoms with Crippen LogP contribution in [-0.2, 0) is 26.2 Å². The minimum absolute atomic E-state index is 0.0610. The molecule has 0 aliphatic rings. The number of hydrogen-bond donors (Lipinski definition) is 1. The quantitative estimate of drug-likeness (QED) is 0.526. The molecular weight excluding hydrogens is 497 g/mol. The van der Waals surface area contributed by atoms with Gasteiger partial charge in [0.2, 0.25) is 21.8 Å². The maximum atomic E-state index is 13.6. The zero-order valence-electron chi connectivity index (χ0n) is 20.2. The van der Waals surface area contributed by atoms with Gasteiger partial charge >= 0.3 is 0 Å². The number of nitrogens with one attached hydrogen (secondary N) is 1. The van der Waals surface area contributed by atoms with E-state index in [0.29, 0.717) is 21.3 Å². The maximum Gasteiger partial charge on any atom is 0.244 e. The molecule has 0 aliphatic carbocycles. The van der Waals surface area contributed by atoms with Crippen molar-refractivity contribution >= 4 is 50.7 Å². The zero-order valence-corrected chi connectivity index (χ0v) is 22.6. The topological polar surface area (TPSA) is 86.8 Å². The summed E-state index contributed by atoms with van der Waals surface area (Å²) in [4.78, 5) is 27.7. The molecule has 0 aromatic heterocycles. The molecule has 0 fully saturated rings. The van der Waals surface area contributed by atoms with E-state index in [2.05, 4.69) is 5.32 Å². The lowest BCUT2D eigenvalue weighted by atomic mass is 10.1. The second-order valence-corrected chi connectivity index (χ2v) is 11.4. The molecule has 1 unspecified atom stereocenters. The maximum absolute atomic E-state index is 13.6. The molecule has 0 saturated heterocycles. The molecule has 0 spiro atoms. The molecule has 0 saturated carbocycles. The van der Waals surface area contributed by atoms with Crippen LogP contribution in [0.4, 0.5) is 5.69 Å². The van der Waals surface area contributed by atoms with E-state index in [1.54, 1.807) is 37.3 Å². The van der Waals surface area contributed by atoms with E-state index in [-0.39, 0.29) is 18.5 Å². The number of amides is 2. The minimum atomic E-state index is -3.80. The summed E-state index contributed by atoms with van der Waals surface area (Å²) in [5.74, 6) is -0.934. The monoisotopic (exact) mass is 527 g/mol. The summed E-state index contributed by atoms with van der Waals surface area (Å²) in [6, 6.07) is 9.24. The summed E-state index contributed by atoms with van der Waals surface area (Å²) in [5, 5.41) is 3.48. The highest BCUT2D eigenvalue weighted by Crippen LogP contribution is 2.27. The van der Waals surface area contributed by atoms with E-state index in [4.69, 9.17) is 23.2 Å². The van der Waals surface area contributed by atoms with Crippen LogP contribution < -0.4 is 9.62 Å². The van der Waals surface area contributed by atoms with Crippen molar-refractivity contribution in [3.05, 3.63) is 63.1 Å². The van der Waals surface area contributed by atoms with Gasteiger partial charge in [0.1, 0.15) is 12.6 Å². The molecule has 0 radical (unpaired) electrons. The number of aryl methyl sites for hydroxylation is 2. The number of nitrogens with zero attached hydrogens (tertiary/aromatic N) is 2. The van der Waals surface area contributed by atoms with Gasteiger partial charge in [-0.2, -0.15) is 0 Å². The Bertz CT molecular complexity index is 1130. The number of carbonyl (C=O) groups excluding carboxylic acids is 2. The summed E-state index contributed by atoms with van der Waals surface area (Å²) in [6.45, 7) is 8.37. The van der Waals surface area contributed by atoms with Gasteiger partial charge in [-0.1, -0.05) is 35.3 Å². The molecule has 0 aliphatic heterocycles. The first-order valence-corrected chi connectivity index (χ1v) is 13.4. The Morgan fingerprint density at radius 3 is 2.00 bits per heavy atom. The smallest absolute Gasteiger partial charge is 0.244 e. The highest BCUT2D eigenvalue weighted by atomic mass is 35.5. The second kappa shape index (κ2) is 11.4. The Morgan fingerprint density at radius 1 is 1.00 bits per heavy atom. The van der Waals surface area contributed by atoms with Crippen LogP contribution in [0.2, 0.25) is 10.0 Å². The van der Waals surface area contributed by atoms with Crippen molar-refractivity contribution in [1.29, 1.82) is 0 Å². The summed E-state index contributed by atoms with van der Waals surface area (Å²) in [5.41, 5.74) is 2.57. The van der Waals surface area contributed by atoms with Crippen molar-refractivity contribution in [2.45, 2.75) is 53.2 Å². The van der Waals surface area contributed by atoms with E-state index < -0.39 is 28.5 Å². The highest BCUT2D eigenvalue weighted by Gasteiger charge is 2.31. The number of sulfonamides is 1. The Balaban J connectivity index is 2.48. The largest absolute Gasteiger partial charge is 0.352 e. The van der Waals surface area contributed by atoms with Gasteiger partial charge in [-0.25, -0.2) is 8.42 Å². The van der Waals surface area contributed by atoms with Crippen molar-refractivity contribution in [3.63, 3.8) is 0 Å². The standard InChI is InChI=1S/C24H31Cl2N3O4S/c1-15(2)27-24(31)18(5)28(13-20-21(25)8-7-9-22(20)26)23(30)14-29(34(6,32)33)19-11-16(3)10-17(4)12-19/h7-12,15,18H,13-14H2,1-6H3,(H,27,31). The fourth-order valence-corrected chi connectivity index (χ4v) is 4.90. The van der Waals surface area contributed by atoms with Gasteiger partial charge in [0.25, 0.3) is 0 Å². The van der Waals surface area contributed by atoms with Gasteiger partial charge in [-0.3, -0.25) is 13.9 Å². The molecule has 2 aromatic rings. The van der Waals surface area contributed by atoms with Crippen LogP contribution in [0.5, 0.6) is 0 Å². The molecule has 34 heavy (non-hydrogen) atoms. The highest BCUT2D eigenvalue weighted by molar-refractivity contribution is 7.92. The van der Waals surface area contributed by atoms with E-state index >= 15 is 0 Å². The average Bonchev–Trinajstić information content (AvgIpc) is 2.69. The molecule has 1 atom stereocenters. The van der Waals surface area contributed by atoms with E-state index in [0.717, 1.165) is 21.7 Å². The number of rotatable bonds is 9. The Hall–Kier alpha value is -2.29. The van der Waals surface area contributed by atoms with Gasteiger partial charge in [0, 0.05) is 28.2 Å². The lowest BCUT2D eigenvalue weighted by Gasteiger charge is -2.32. The Labute approximate surface area is 212 Å². The first kappa shape index (κ1) is 28.0. The van der Waals surface area contributed by atoms with Crippen LogP contribution in [0.15, 0.2) is 36.4 Å². The molecule has 0 heterocycles. The van der Waals surface area contributed by atoms with Crippen LogP contribution in [0.3, 0.4) is 0 Å². The van der Waals surface area contributed by atoms with Crippen molar-refractivity contribution in [2.75, 3.05) is 17.1 Å². The first-order chi connectivity index (χ1) is 15.7. The van der Waals surface area contributed by atoms with Crippen molar-refractivity contribution in [3.8, 4) is 0 Å². The molecule has 10 heteroatoms. The summed E-state index contributed by atoms with van der Waals surface area (Å²) in [7, 11) is -3.80. The van der Waals surface area contributed by atoms with Crippen molar-refractivity contribution in [2.24, 2.45) is 0 Å². The fourth-order valence-electron chi connectivity index (χ4n) is 3.55. The van der Waals surface area contributed by atoms with Crippen LogP contribution >= 0.6 is 23.2 Å². The minimum Gasteiger partial charge on any atom is -0.352 e. The molecule has 186 valence electrons. The van der Waals surface area contributed by atoms with E-state index in [9.17, 15) is 18.0 Å².